The molecule has 3 rings (SSSR count). The Kier molecular flexibility index (Phi) is 2.56. The van der Waals surface area contributed by atoms with Gasteiger partial charge in [-0.3, -0.25) is 0 Å². The van der Waals surface area contributed by atoms with Crippen molar-refractivity contribution < 1.29 is 18.3 Å². The molecule has 0 bridgehead atoms. The molecule has 0 aliphatic carbocycles. The number of rotatable bonds is 2. The number of carboxylic acid groups (broad SMARTS) is 1. The van der Waals surface area contributed by atoms with Crippen LogP contribution in [-0.4, -0.2) is 39.8 Å². The van der Waals surface area contributed by atoms with Crippen molar-refractivity contribution in [2.45, 2.75) is 18.1 Å². The first kappa shape index (κ1) is 12.1. The number of aromatic nitrogens is 3. The van der Waals surface area contributed by atoms with Crippen molar-refractivity contribution in [3.63, 3.8) is 0 Å². The van der Waals surface area contributed by atoms with Crippen LogP contribution in [0.3, 0.4) is 0 Å². The van der Waals surface area contributed by atoms with E-state index in [0.717, 1.165) is 0 Å². The normalized spacial score (nSPS) is 21.8. The molecule has 100 valence electrons. The van der Waals surface area contributed by atoms with Crippen molar-refractivity contribution in [1.82, 2.24) is 14.6 Å². The van der Waals surface area contributed by atoms with Gasteiger partial charge in [0.15, 0.2) is 21.3 Å². The fourth-order valence-corrected chi connectivity index (χ4v) is 4.11. The molecule has 0 amide bonds. The van der Waals surface area contributed by atoms with E-state index < -0.39 is 21.1 Å². The summed E-state index contributed by atoms with van der Waals surface area (Å²) in [6.07, 6.45) is 2.63. The van der Waals surface area contributed by atoms with Crippen LogP contribution in [0.1, 0.15) is 34.3 Å². The van der Waals surface area contributed by atoms with Crippen molar-refractivity contribution in [3.05, 3.63) is 29.7 Å². The Hall–Kier alpha value is -1.96. The van der Waals surface area contributed by atoms with E-state index in [4.69, 9.17) is 5.11 Å². The first-order valence-electron chi connectivity index (χ1n) is 5.79. The maximum Gasteiger partial charge on any atom is 0.339 e. The zero-order chi connectivity index (χ0) is 13.6. The van der Waals surface area contributed by atoms with Gasteiger partial charge in [-0.1, -0.05) is 0 Å². The maximum absolute atomic E-state index is 11.9. The van der Waals surface area contributed by atoms with Crippen LogP contribution in [0.2, 0.25) is 0 Å². The van der Waals surface area contributed by atoms with Crippen LogP contribution in [0.4, 0.5) is 0 Å². The summed E-state index contributed by atoms with van der Waals surface area (Å²) in [4.78, 5) is 15.2. The average Bonchev–Trinajstić information content (AvgIpc) is 2.90. The zero-order valence-corrected chi connectivity index (χ0v) is 10.7. The third kappa shape index (κ3) is 1.88. The maximum atomic E-state index is 11.9. The predicted molar refractivity (Wildman–Crippen MR) is 65.7 cm³/mol. The number of fused-ring (bicyclic) bond motifs is 1. The van der Waals surface area contributed by atoms with Gasteiger partial charge in [-0.25, -0.2) is 22.7 Å². The number of carbonyl (C=O) groups is 1. The minimum Gasteiger partial charge on any atom is -0.478 e. The smallest absolute Gasteiger partial charge is 0.339 e. The molecule has 2 aromatic rings. The Morgan fingerprint density at radius 3 is 2.89 bits per heavy atom. The summed E-state index contributed by atoms with van der Waals surface area (Å²) in [5, 5.41) is 12.4. The quantitative estimate of drug-likeness (QED) is 0.868. The van der Waals surface area contributed by atoms with Crippen LogP contribution >= 0.6 is 0 Å². The Balaban J connectivity index is 2.17. The molecule has 0 aromatic carbocycles. The van der Waals surface area contributed by atoms with Crippen molar-refractivity contribution in [3.8, 4) is 0 Å². The van der Waals surface area contributed by atoms with E-state index in [1.807, 2.05) is 0 Å². The fourth-order valence-electron chi connectivity index (χ4n) is 2.31. The molecule has 0 radical (unpaired) electrons. The van der Waals surface area contributed by atoms with E-state index in [1.165, 1.54) is 16.6 Å². The van der Waals surface area contributed by atoms with E-state index in [9.17, 15) is 13.2 Å². The zero-order valence-electron chi connectivity index (χ0n) is 9.85. The Labute approximate surface area is 108 Å². The lowest BCUT2D eigenvalue weighted by molar-refractivity contribution is 0.0698. The fraction of sp³-hybridized carbons (Fsp3) is 0.364. The minimum atomic E-state index is -3.21. The van der Waals surface area contributed by atoms with Crippen molar-refractivity contribution in [2.75, 3.05) is 5.75 Å². The number of nitrogens with zero attached hydrogens (tertiary/aromatic N) is 3. The Bertz CT molecular complexity index is 765. The standard InChI is InChI=1S/C11H11N3O4S/c15-11(16)7-3-1-5-14-10(7)12-9(13-14)8-4-2-6-19(8,17)18/h1,3,5,8H,2,4,6H2,(H,15,16). The molecule has 2 aromatic heterocycles. The number of hydrogen-bond donors (Lipinski definition) is 1. The second kappa shape index (κ2) is 4.02. The molecule has 1 saturated heterocycles. The van der Waals surface area contributed by atoms with E-state index in [-0.39, 0.29) is 22.8 Å². The van der Waals surface area contributed by atoms with E-state index in [0.29, 0.717) is 12.8 Å². The van der Waals surface area contributed by atoms with Gasteiger partial charge in [0.1, 0.15) is 10.8 Å². The molecule has 0 saturated carbocycles. The molecule has 0 spiro atoms. The summed E-state index contributed by atoms with van der Waals surface area (Å²) in [6, 6.07) is 2.96. The largest absolute Gasteiger partial charge is 0.478 e. The monoisotopic (exact) mass is 281 g/mol. The molecule has 19 heavy (non-hydrogen) atoms. The van der Waals surface area contributed by atoms with Crippen molar-refractivity contribution >= 4 is 21.5 Å². The third-order valence-electron chi connectivity index (χ3n) is 3.23. The van der Waals surface area contributed by atoms with Crippen LogP contribution in [0.25, 0.3) is 5.65 Å². The summed E-state index contributed by atoms with van der Waals surface area (Å²) in [7, 11) is -3.21. The van der Waals surface area contributed by atoms with E-state index in [1.54, 1.807) is 6.20 Å². The number of hydrogen-bond acceptors (Lipinski definition) is 5. The topological polar surface area (TPSA) is 102 Å². The lowest BCUT2D eigenvalue weighted by Crippen LogP contribution is -2.09. The molecule has 1 aliphatic rings. The van der Waals surface area contributed by atoms with Gasteiger partial charge in [0.2, 0.25) is 0 Å². The molecule has 1 atom stereocenters. The summed E-state index contributed by atoms with van der Waals surface area (Å²) < 4.78 is 25.0. The van der Waals surface area contributed by atoms with Crippen LogP contribution < -0.4 is 0 Å². The lowest BCUT2D eigenvalue weighted by Gasteiger charge is -2.02. The van der Waals surface area contributed by atoms with Crippen molar-refractivity contribution in [1.29, 1.82) is 0 Å². The van der Waals surface area contributed by atoms with Gasteiger partial charge in [0.25, 0.3) is 0 Å². The first-order chi connectivity index (χ1) is 8.99. The van der Waals surface area contributed by atoms with Gasteiger partial charge < -0.3 is 5.11 Å². The van der Waals surface area contributed by atoms with Gasteiger partial charge in [0.05, 0.1) is 5.75 Å². The molecule has 8 heteroatoms. The van der Waals surface area contributed by atoms with Gasteiger partial charge in [-0.2, -0.15) is 0 Å². The molecule has 7 nitrogen and oxygen atoms in total. The van der Waals surface area contributed by atoms with Crippen LogP contribution in [0, 0.1) is 0 Å². The Morgan fingerprint density at radius 2 is 2.26 bits per heavy atom. The predicted octanol–water partition coefficient (Wildman–Crippen LogP) is 0.677. The number of carboxylic acids is 1. The van der Waals surface area contributed by atoms with E-state index >= 15 is 0 Å². The molecule has 1 aliphatic heterocycles. The van der Waals surface area contributed by atoms with Gasteiger partial charge in [-0.05, 0) is 25.0 Å². The van der Waals surface area contributed by atoms with Crippen LogP contribution in [0.5, 0.6) is 0 Å². The minimum absolute atomic E-state index is 0.0108. The van der Waals surface area contributed by atoms with Crippen LogP contribution in [-0.2, 0) is 9.84 Å². The highest BCUT2D eigenvalue weighted by atomic mass is 32.2. The molecule has 1 fully saturated rings. The number of aromatic carboxylic acids is 1. The lowest BCUT2D eigenvalue weighted by atomic mass is 10.2. The van der Waals surface area contributed by atoms with Gasteiger partial charge in [-0.15, -0.1) is 5.10 Å². The number of sulfone groups is 1. The summed E-state index contributed by atoms with van der Waals surface area (Å²) >= 11 is 0. The molecular formula is C11H11N3O4S. The van der Waals surface area contributed by atoms with Gasteiger partial charge >= 0.3 is 5.97 Å². The summed E-state index contributed by atoms with van der Waals surface area (Å²) in [5.41, 5.74) is 0.184. The molecular weight excluding hydrogens is 270 g/mol. The SMILES string of the molecule is O=C(O)c1cccn2nc(C3CCCS3(=O)=O)nc12. The summed E-state index contributed by atoms with van der Waals surface area (Å²) in [5.74, 6) is -0.788. The number of pyridine rings is 1. The Morgan fingerprint density at radius 1 is 1.47 bits per heavy atom. The average molecular weight is 281 g/mol. The third-order valence-corrected chi connectivity index (χ3v) is 5.40. The molecule has 1 unspecified atom stereocenters. The van der Waals surface area contributed by atoms with E-state index in [2.05, 4.69) is 10.1 Å². The van der Waals surface area contributed by atoms with Gasteiger partial charge in [0, 0.05) is 6.20 Å². The van der Waals surface area contributed by atoms with Crippen molar-refractivity contribution in [2.24, 2.45) is 0 Å². The molecule has 1 N–H and O–H groups in total. The highest BCUT2D eigenvalue weighted by Crippen LogP contribution is 2.32. The molecule has 3 heterocycles. The first-order valence-corrected chi connectivity index (χ1v) is 7.51. The second-order valence-corrected chi connectivity index (χ2v) is 6.77. The highest BCUT2D eigenvalue weighted by Gasteiger charge is 2.36. The highest BCUT2D eigenvalue weighted by molar-refractivity contribution is 7.91. The second-order valence-electron chi connectivity index (χ2n) is 4.46. The van der Waals surface area contributed by atoms with Crippen LogP contribution in [0.15, 0.2) is 18.3 Å². The summed E-state index contributed by atoms with van der Waals surface area (Å²) in [6.45, 7) is 0.